The molecule has 0 fully saturated rings. The van der Waals surface area contributed by atoms with Crippen molar-refractivity contribution >= 4 is 25.2 Å². The van der Waals surface area contributed by atoms with E-state index in [2.05, 4.69) is 17.6 Å². The van der Waals surface area contributed by atoms with Crippen molar-refractivity contribution in [3.05, 3.63) is 24.0 Å². The highest BCUT2D eigenvalue weighted by Gasteiger charge is 2.21. The Morgan fingerprint density at radius 3 is 2.67 bits per heavy atom. The van der Waals surface area contributed by atoms with Gasteiger partial charge in [-0.3, -0.25) is 4.98 Å². The molecule has 0 aliphatic carbocycles. The second-order valence-electron chi connectivity index (χ2n) is 2.59. The van der Waals surface area contributed by atoms with Crippen LogP contribution in [0.2, 0.25) is 0 Å². The van der Waals surface area contributed by atoms with E-state index in [9.17, 15) is 0 Å². The lowest BCUT2D eigenvalue weighted by molar-refractivity contribution is 0.425. The molecule has 0 radical (unpaired) electrons. The third-order valence-corrected chi connectivity index (χ3v) is 1.82. The molecule has 1 rings (SSSR count). The molecule has 0 saturated heterocycles. The first-order chi connectivity index (χ1) is 5.61. The molecule has 12 heavy (non-hydrogen) atoms. The van der Waals surface area contributed by atoms with Gasteiger partial charge in [-0.15, -0.1) is 0 Å². The Labute approximate surface area is 77.0 Å². The first-order valence-corrected chi connectivity index (χ1v) is 4.16. The van der Waals surface area contributed by atoms with Crippen LogP contribution < -0.4 is 5.46 Å². The SMILES string of the molecule is CC(S)c1ccc(B(O)[OH2+])cn1. The summed E-state index contributed by atoms with van der Waals surface area (Å²) in [6.45, 7) is 1.92. The number of pyridine rings is 1. The molecule has 0 aromatic carbocycles. The van der Waals surface area contributed by atoms with Gasteiger partial charge in [0.2, 0.25) is 0 Å². The van der Waals surface area contributed by atoms with Crippen LogP contribution in [-0.2, 0) is 0 Å². The van der Waals surface area contributed by atoms with Gasteiger partial charge >= 0.3 is 7.12 Å². The van der Waals surface area contributed by atoms with Crippen molar-refractivity contribution in [1.82, 2.24) is 4.98 Å². The molecule has 0 spiro atoms. The fourth-order valence-electron chi connectivity index (χ4n) is 0.826. The molecule has 1 heterocycles. The van der Waals surface area contributed by atoms with Gasteiger partial charge in [-0.1, -0.05) is 6.07 Å². The zero-order chi connectivity index (χ0) is 9.14. The Hall–Kier alpha value is -0.515. The smallest absolute Gasteiger partial charge is 0.522 e. The Morgan fingerprint density at radius 2 is 2.33 bits per heavy atom. The van der Waals surface area contributed by atoms with Gasteiger partial charge in [-0.2, -0.15) is 12.6 Å². The monoisotopic (exact) mass is 184 g/mol. The topological polar surface area (TPSA) is 56.0 Å². The second-order valence-corrected chi connectivity index (χ2v) is 3.37. The lowest BCUT2D eigenvalue weighted by Gasteiger charge is -2.02. The van der Waals surface area contributed by atoms with E-state index < -0.39 is 7.12 Å². The van der Waals surface area contributed by atoms with Gasteiger partial charge in [0, 0.05) is 11.4 Å². The summed E-state index contributed by atoms with van der Waals surface area (Å²) in [7, 11) is -1.19. The van der Waals surface area contributed by atoms with E-state index in [1.54, 1.807) is 12.1 Å². The number of rotatable bonds is 2. The summed E-state index contributed by atoms with van der Waals surface area (Å²) in [5, 5.41) is 15.9. The number of nitrogens with zero attached hydrogens (tertiary/aromatic N) is 1. The number of hydrogen-bond acceptors (Lipinski definition) is 3. The molecule has 0 bridgehead atoms. The van der Waals surface area contributed by atoms with Crippen LogP contribution in [0, 0.1) is 0 Å². The van der Waals surface area contributed by atoms with Crippen LogP contribution in [0.5, 0.6) is 0 Å². The van der Waals surface area contributed by atoms with Crippen molar-refractivity contribution in [2.75, 3.05) is 0 Å². The van der Waals surface area contributed by atoms with Crippen molar-refractivity contribution in [3.8, 4) is 0 Å². The van der Waals surface area contributed by atoms with Crippen molar-refractivity contribution in [2.45, 2.75) is 12.2 Å². The maximum Gasteiger partial charge on any atom is 0.729 e. The molecule has 0 aliphatic heterocycles. The van der Waals surface area contributed by atoms with Gasteiger partial charge < -0.3 is 10.0 Å². The lowest BCUT2D eigenvalue weighted by atomic mass is 9.82. The average molecular weight is 184 g/mol. The van der Waals surface area contributed by atoms with E-state index in [1.807, 2.05) is 6.92 Å². The summed E-state index contributed by atoms with van der Waals surface area (Å²) in [6, 6.07) is 3.46. The largest absolute Gasteiger partial charge is 0.729 e. The van der Waals surface area contributed by atoms with E-state index in [-0.39, 0.29) is 5.25 Å². The Bertz CT molecular complexity index is 223. The predicted octanol–water partition coefficient (Wildman–Crippen LogP) is -0.516. The zero-order valence-electron chi connectivity index (χ0n) is 6.73. The van der Waals surface area contributed by atoms with Crippen molar-refractivity contribution in [3.63, 3.8) is 0 Å². The molecule has 0 amide bonds. The third-order valence-electron chi connectivity index (χ3n) is 1.55. The molecule has 5 heteroatoms. The van der Waals surface area contributed by atoms with E-state index in [1.165, 1.54) is 6.20 Å². The van der Waals surface area contributed by atoms with Crippen LogP contribution in [0.15, 0.2) is 18.3 Å². The first kappa shape index (κ1) is 9.57. The first-order valence-electron chi connectivity index (χ1n) is 3.64. The van der Waals surface area contributed by atoms with E-state index in [0.29, 0.717) is 5.46 Å². The Kier molecular flexibility index (Phi) is 3.14. The molecule has 3 N–H and O–H groups in total. The molecule has 0 aliphatic rings. The predicted molar refractivity (Wildman–Crippen MR) is 52.9 cm³/mol. The molecule has 1 aromatic heterocycles. The molecule has 1 unspecified atom stereocenters. The minimum atomic E-state index is -1.19. The quantitative estimate of drug-likeness (QED) is 0.369. The summed E-state index contributed by atoms with van der Waals surface area (Å²) in [6.07, 6.45) is 1.50. The van der Waals surface area contributed by atoms with Crippen molar-refractivity contribution in [2.24, 2.45) is 0 Å². The fourth-order valence-corrected chi connectivity index (χ4v) is 0.978. The zero-order valence-corrected chi connectivity index (χ0v) is 7.62. The summed E-state index contributed by atoms with van der Waals surface area (Å²) in [5.74, 6) is 0. The number of hydrogen-bond donors (Lipinski definition) is 2. The highest BCUT2D eigenvalue weighted by molar-refractivity contribution is 7.80. The van der Waals surface area contributed by atoms with Gasteiger partial charge in [0.25, 0.3) is 0 Å². The molecule has 64 valence electrons. The molecule has 1 atom stereocenters. The molecule has 3 nitrogen and oxygen atoms in total. The third kappa shape index (κ3) is 2.23. The minimum Gasteiger partial charge on any atom is -0.522 e. The summed E-state index contributed by atoms with van der Waals surface area (Å²) in [5.41, 5.74) is 1.36. The Morgan fingerprint density at radius 1 is 1.67 bits per heavy atom. The summed E-state index contributed by atoms with van der Waals surface area (Å²) >= 11 is 4.20. The van der Waals surface area contributed by atoms with Crippen LogP contribution in [0.3, 0.4) is 0 Å². The van der Waals surface area contributed by atoms with E-state index >= 15 is 0 Å². The van der Waals surface area contributed by atoms with Crippen molar-refractivity contribution < 1.29 is 10.0 Å². The van der Waals surface area contributed by atoms with Gasteiger partial charge in [0.1, 0.15) is 0 Å². The maximum absolute atomic E-state index is 8.86. The number of aromatic nitrogens is 1. The summed E-state index contributed by atoms with van der Waals surface area (Å²) < 4.78 is 0. The molecular formula is C7H11BNO2S+. The molecule has 0 saturated carbocycles. The molecular weight excluding hydrogens is 173 g/mol. The van der Waals surface area contributed by atoms with Gasteiger partial charge in [0.05, 0.1) is 11.2 Å². The highest BCUT2D eigenvalue weighted by Crippen LogP contribution is 2.13. The average Bonchev–Trinajstić information content (AvgIpc) is 2.04. The number of thiol groups is 1. The van der Waals surface area contributed by atoms with Gasteiger partial charge in [-0.25, -0.2) is 0 Å². The van der Waals surface area contributed by atoms with Crippen LogP contribution >= 0.6 is 12.6 Å². The minimum absolute atomic E-state index is 0.0851. The van der Waals surface area contributed by atoms with Crippen LogP contribution in [0.25, 0.3) is 0 Å². The lowest BCUT2D eigenvalue weighted by Crippen LogP contribution is -2.30. The van der Waals surface area contributed by atoms with Gasteiger partial charge in [-0.05, 0) is 13.0 Å². The van der Waals surface area contributed by atoms with Crippen LogP contribution in [-0.4, -0.2) is 22.2 Å². The van der Waals surface area contributed by atoms with Gasteiger partial charge in [0.15, 0.2) is 0 Å². The summed E-state index contributed by atoms with van der Waals surface area (Å²) in [4.78, 5) is 4.04. The normalized spacial score (nSPS) is 12.7. The van der Waals surface area contributed by atoms with Crippen LogP contribution in [0.1, 0.15) is 17.9 Å². The van der Waals surface area contributed by atoms with Crippen LogP contribution in [0.4, 0.5) is 0 Å². The van der Waals surface area contributed by atoms with Crippen molar-refractivity contribution in [1.29, 1.82) is 0 Å². The molecule has 1 aromatic rings. The van der Waals surface area contributed by atoms with E-state index in [0.717, 1.165) is 5.69 Å². The Balaban J connectivity index is 2.86. The second kappa shape index (κ2) is 3.93. The standard InChI is InChI=1S/C7H10BNO2S/c1-5(12)7-3-2-6(4-9-7)8(10)11/h2-5,10-12H,1H3/p+1. The van der Waals surface area contributed by atoms with E-state index in [4.69, 9.17) is 10.0 Å². The fraction of sp³-hybridized carbons (Fsp3) is 0.286. The maximum atomic E-state index is 8.86. The highest BCUT2D eigenvalue weighted by atomic mass is 32.1.